The van der Waals surface area contributed by atoms with Gasteiger partial charge in [0.05, 0.1) is 17.2 Å². The van der Waals surface area contributed by atoms with Crippen molar-refractivity contribution in [3.63, 3.8) is 0 Å². The van der Waals surface area contributed by atoms with E-state index >= 15 is 0 Å². The van der Waals surface area contributed by atoms with Crippen LogP contribution in [0.2, 0.25) is 6.55 Å². The lowest BCUT2D eigenvalue weighted by Crippen LogP contribution is -2.68. The van der Waals surface area contributed by atoms with E-state index in [1.165, 1.54) is 15.6 Å². The Bertz CT molecular complexity index is 823. The summed E-state index contributed by atoms with van der Waals surface area (Å²) in [6.07, 6.45) is 0. The first-order chi connectivity index (χ1) is 11.8. The molecule has 3 aromatic carbocycles. The Morgan fingerprint density at radius 3 is 1.29 bits per heavy atom. The number of rotatable bonds is 0. The van der Waals surface area contributed by atoms with Crippen molar-refractivity contribution in [2.45, 2.75) is 6.55 Å². The Morgan fingerprint density at radius 1 is 0.583 bits per heavy atom. The Kier molecular flexibility index (Phi) is 3.04. The predicted octanol–water partition coefficient (Wildman–Crippen LogP) is 1.94. The molecule has 3 aliphatic rings. The van der Waals surface area contributed by atoms with Gasteiger partial charge in [-0.1, -0.05) is 61.1 Å². The molecule has 3 heterocycles. The molecule has 116 valence electrons. The van der Waals surface area contributed by atoms with Crippen LogP contribution in [0.25, 0.3) is 0 Å². The Balaban J connectivity index is 1.95. The molecule has 3 aliphatic heterocycles. The molecule has 2 bridgehead atoms. The van der Waals surface area contributed by atoms with Crippen LogP contribution in [0, 0.1) is 0 Å². The van der Waals surface area contributed by atoms with Crippen LogP contribution in [0.4, 0.5) is 0 Å². The van der Waals surface area contributed by atoms with Crippen LogP contribution in [0.1, 0.15) is 0 Å². The molecule has 24 heavy (non-hydrogen) atoms. The summed E-state index contributed by atoms with van der Waals surface area (Å²) >= 11 is -2.38. The summed E-state index contributed by atoms with van der Waals surface area (Å²) in [4.78, 5) is 0. The van der Waals surface area contributed by atoms with Crippen molar-refractivity contribution in [2.24, 2.45) is 0 Å². The van der Waals surface area contributed by atoms with Crippen LogP contribution in [0.5, 0.6) is 17.2 Å². The highest BCUT2D eigenvalue weighted by atomic mass is 28.3. The van der Waals surface area contributed by atoms with Gasteiger partial charge in [0, 0.05) is 0 Å². The van der Waals surface area contributed by atoms with Crippen molar-refractivity contribution in [1.29, 1.82) is 0 Å². The van der Waals surface area contributed by atoms with Gasteiger partial charge in [-0.25, -0.2) is 0 Å². The smallest absolute Gasteiger partial charge is 0.577 e. The second-order valence-corrected chi connectivity index (χ2v) is 11.4. The van der Waals surface area contributed by atoms with Gasteiger partial charge >= 0.3 is 15.1 Å². The Labute approximate surface area is 146 Å². The molecule has 0 radical (unpaired) electrons. The maximum Gasteiger partial charge on any atom is 1.20 e. The second-order valence-electron chi connectivity index (χ2n) is 6.26. The Hall–Kier alpha value is -2.19. The highest BCUT2D eigenvalue weighted by Crippen LogP contribution is 2.28. The molecule has 0 atom stereocenters. The van der Waals surface area contributed by atoms with Crippen molar-refractivity contribution in [3.8, 4) is 17.2 Å². The van der Waals surface area contributed by atoms with Crippen molar-refractivity contribution in [2.75, 3.05) is 0 Å². The summed E-state index contributed by atoms with van der Waals surface area (Å²) in [5.41, 5.74) is 0. The van der Waals surface area contributed by atoms with E-state index in [1.54, 1.807) is 0 Å². The van der Waals surface area contributed by atoms with E-state index < -0.39 is 23.2 Å². The largest absolute Gasteiger partial charge is 1.20 e. The lowest BCUT2D eigenvalue weighted by molar-refractivity contribution is 0.308. The van der Waals surface area contributed by atoms with Gasteiger partial charge in [0.1, 0.15) is 0 Å². The zero-order valence-electron chi connectivity index (χ0n) is 13.2. The standard InChI is InChI=1S/C19H18O3Si.Al/c1-23(17-11-5-2-8-14(17)20,18-12-6-3-9-15(18)21)19-13-7-4-10-16(19)22;/h2-13,20-22H,1H3;/q;+3/p-3. The maximum absolute atomic E-state index is 6.22. The predicted molar refractivity (Wildman–Crippen MR) is 97.5 cm³/mol. The SMILES string of the molecule is C[Si]12c3ccccc3[O][Al]([O]c3ccccc31)[O]c1ccccc12. The third-order valence-electron chi connectivity index (χ3n) is 4.95. The fraction of sp³-hybridized carbons (Fsp3) is 0.0526. The summed E-state index contributed by atoms with van der Waals surface area (Å²) < 4.78 is 18.6. The van der Waals surface area contributed by atoms with Crippen molar-refractivity contribution in [1.82, 2.24) is 0 Å². The molecule has 0 unspecified atom stereocenters. The molecular formula is C19H15AlO3Si. The van der Waals surface area contributed by atoms with Gasteiger partial charge in [-0.2, -0.15) is 0 Å². The molecule has 3 nitrogen and oxygen atoms in total. The van der Waals surface area contributed by atoms with Crippen LogP contribution in [0.3, 0.4) is 0 Å². The number of hydrogen-bond donors (Lipinski definition) is 0. The zero-order chi connectivity index (χ0) is 16.1. The van der Waals surface area contributed by atoms with Crippen molar-refractivity contribution in [3.05, 3.63) is 72.8 Å². The highest BCUT2D eigenvalue weighted by Gasteiger charge is 2.53. The van der Waals surface area contributed by atoms with E-state index in [0.29, 0.717) is 0 Å². The van der Waals surface area contributed by atoms with Crippen molar-refractivity contribution >= 4 is 38.8 Å². The monoisotopic (exact) mass is 346 g/mol. The molecule has 5 heteroatoms. The van der Waals surface area contributed by atoms with Crippen LogP contribution in [-0.2, 0) is 0 Å². The van der Waals surface area contributed by atoms with Crippen LogP contribution in [0.15, 0.2) is 72.8 Å². The van der Waals surface area contributed by atoms with E-state index in [9.17, 15) is 0 Å². The zero-order valence-corrected chi connectivity index (χ0v) is 15.4. The summed E-state index contributed by atoms with van der Waals surface area (Å²) in [6.45, 7) is 2.35. The number of para-hydroxylation sites is 3. The molecule has 3 aromatic rings. The molecule has 0 fully saturated rings. The van der Waals surface area contributed by atoms with Crippen molar-refractivity contribution < 1.29 is 11.4 Å². The molecule has 0 amide bonds. The first-order valence-electron chi connectivity index (χ1n) is 8.05. The van der Waals surface area contributed by atoms with Crippen LogP contribution in [-0.4, -0.2) is 23.2 Å². The van der Waals surface area contributed by atoms with Gasteiger partial charge in [0.15, 0.2) is 8.07 Å². The minimum absolute atomic E-state index is 0.910. The van der Waals surface area contributed by atoms with E-state index in [2.05, 4.69) is 42.9 Å². The quantitative estimate of drug-likeness (QED) is 0.582. The molecule has 0 N–H and O–H groups in total. The molecule has 0 saturated carbocycles. The van der Waals surface area contributed by atoms with Gasteiger partial charge in [-0.3, -0.25) is 0 Å². The van der Waals surface area contributed by atoms with Gasteiger partial charge in [-0.05, 0) is 33.8 Å². The minimum Gasteiger partial charge on any atom is -0.577 e. The molecule has 0 aromatic heterocycles. The van der Waals surface area contributed by atoms with Gasteiger partial charge in [0.25, 0.3) is 0 Å². The van der Waals surface area contributed by atoms with Gasteiger partial charge in [0.2, 0.25) is 0 Å². The first kappa shape index (κ1) is 14.2. The second kappa shape index (κ2) is 5.15. The lowest BCUT2D eigenvalue weighted by Gasteiger charge is -2.39. The van der Waals surface area contributed by atoms with E-state index in [-0.39, 0.29) is 0 Å². The van der Waals surface area contributed by atoms with Crippen LogP contribution >= 0.6 is 0 Å². The normalized spacial score (nSPS) is 16.1. The minimum atomic E-state index is -2.38. The average Bonchev–Trinajstić information content (AvgIpc) is 2.60. The average molecular weight is 346 g/mol. The molecule has 0 saturated heterocycles. The summed E-state index contributed by atoms with van der Waals surface area (Å²) in [5.74, 6) is 2.73. The van der Waals surface area contributed by atoms with E-state index in [1.807, 2.05) is 36.4 Å². The van der Waals surface area contributed by atoms with Crippen LogP contribution < -0.4 is 26.9 Å². The summed E-state index contributed by atoms with van der Waals surface area (Å²) in [5, 5.41) is 3.86. The fourth-order valence-electron chi connectivity index (χ4n) is 3.77. The maximum atomic E-state index is 6.22. The number of hydrogen-bond acceptors (Lipinski definition) is 3. The molecule has 6 rings (SSSR count). The Morgan fingerprint density at radius 2 is 0.917 bits per heavy atom. The molecule has 0 spiro atoms. The first-order valence-corrected chi connectivity index (χ1v) is 12.0. The van der Waals surface area contributed by atoms with E-state index in [4.69, 9.17) is 11.4 Å². The summed E-state index contributed by atoms with van der Waals surface area (Å²) in [7, 11) is -2.30. The van der Waals surface area contributed by atoms with Gasteiger partial charge in [-0.15, -0.1) is 0 Å². The lowest BCUT2D eigenvalue weighted by atomic mass is 10.3. The third-order valence-corrected chi connectivity index (χ3v) is 10.8. The van der Waals surface area contributed by atoms with Gasteiger partial charge < -0.3 is 11.4 Å². The molecule has 0 aliphatic carbocycles. The fourth-order valence-corrected chi connectivity index (χ4v) is 9.57. The topological polar surface area (TPSA) is 27.7 Å². The molecular weight excluding hydrogens is 331 g/mol. The third kappa shape index (κ3) is 1.90. The van der Waals surface area contributed by atoms with E-state index in [0.717, 1.165) is 17.2 Å². The highest BCUT2D eigenvalue weighted by molar-refractivity contribution is 7.12. The summed E-state index contributed by atoms with van der Waals surface area (Å²) in [6, 6.07) is 25.1. The number of benzene rings is 3.